The Labute approximate surface area is 202 Å². The number of nitrogens with one attached hydrogen (secondary N) is 1. The lowest BCUT2D eigenvalue weighted by Gasteiger charge is -2.29. The minimum atomic E-state index is -1.05. The molecule has 2 unspecified atom stereocenters. The van der Waals surface area contributed by atoms with Crippen LogP contribution in [0, 0.1) is 3.57 Å². The van der Waals surface area contributed by atoms with Gasteiger partial charge in [-0.2, -0.15) is 0 Å². The number of benzene rings is 2. The zero-order chi connectivity index (χ0) is 22.4. The molecule has 1 N–H and O–H groups in total. The first-order chi connectivity index (χ1) is 14.8. The summed E-state index contributed by atoms with van der Waals surface area (Å²) < 4.78 is 7.00. The Morgan fingerprint density at radius 1 is 1.10 bits per heavy atom. The van der Waals surface area contributed by atoms with Gasteiger partial charge in [-0.3, -0.25) is 4.79 Å². The fraction of sp³-hybridized carbons (Fsp3) is 0.280. The van der Waals surface area contributed by atoms with E-state index in [1.165, 1.54) is 11.1 Å². The number of carbonyl (C=O) groups excluding carboxylic acids is 1. The van der Waals surface area contributed by atoms with Gasteiger partial charge in [0.25, 0.3) is 5.91 Å². The molecule has 1 aromatic heterocycles. The maximum atomic E-state index is 13.0. The van der Waals surface area contributed by atoms with Crippen molar-refractivity contribution >= 4 is 40.1 Å². The van der Waals surface area contributed by atoms with Crippen molar-refractivity contribution in [1.29, 1.82) is 0 Å². The number of amides is 1. The van der Waals surface area contributed by atoms with Gasteiger partial charge in [-0.25, -0.2) is 4.98 Å². The molecule has 0 aliphatic heterocycles. The minimum Gasteiger partial charge on any atom is -0.462 e. The highest BCUT2D eigenvalue weighted by Gasteiger charge is 2.32. The van der Waals surface area contributed by atoms with Crippen molar-refractivity contribution in [3.63, 3.8) is 0 Å². The fourth-order valence-corrected chi connectivity index (χ4v) is 4.14. The average Bonchev–Trinajstić information content (AvgIpc) is 2.74. The summed E-state index contributed by atoms with van der Waals surface area (Å²) in [5.41, 5.74) is 1.30. The van der Waals surface area contributed by atoms with Crippen LogP contribution in [0.15, 0.2) is 72.9 Å². The summed E-state index contributed by atoms with van der Waals surface area (Å²) in [6.45, 7) is 6.16. The lowest BCUT2D eigenvalue weighted by molar-refractivity contribution is -0.134. The Kier molecular flexibility index (Phi) is 7.94. The first-order valence-electron chi connectivity index (χ1n) is 10.2. The van der Waals surface area contributed by atoms with Crippen molar-refractivity contribution in [2.75, 3.05) is 6.54 Å². The lowest BCUT2D eigenvalue weighted by atomic mass is 9.82. The van der Waals surface area contributed by atoms with Crippen LogP contribution in [0.2, 0.25) is 5.02 Å². The third-order valence-corrected chi connectivity index (χ3v) is 6.23. The fourth-order valence-electron chi connectivity index (χ4n) is 3.45. The number of carbonyl (C=O) groups is 1. The Morgan fingerprint density at radius 3 is 2.48 bits per heavy atom. The molecule has 1 amide bonds. The SMILES string of the molecule is CC(c1ccc(Cl)cc1)C(CNC(=O)C(C)(C)Oc1ccccn1)c1cccc(I)c1. The van der Waals surface area contributed by atoms with E-state index in [4.69, 9.17) is 16.3 Å². The third-order valence-electron chi connectivity index (χ3n) is 5.30. The Hall–Kier alpha value is -2.12. The Bertz CT molecular complexity index is 1010. The third kappa shape index (κ3) is 6.43. The van der Waals surface area contributed by atoms with Gasteiger partial charge in [0.1, 0.15) is 0 Å². The predicted molar refractivity (Wildman–Crippen MR) is 134 cm³/mol. The van der Waals surface area contributed by atoms with Crippen molar-refractivity contribution in [3.05, 3.63) is 92.6 Å². The molecule has 31 heavy (non-hydrogen) atoms. The number of hydrogen-bond donors (Lipinski definition) is 1. The molecule has 0 radical (unpaired) electrons. The smallest absolute Gasteiger partial charge is 0.263 e. The van der Waals surface area contributed by atoms with Crippen LogP contribution in [0.1, 0.15) is 43.7 Å². The maximum absolute atomic E-state index is 13.0. The van der Waals surface area contributed by atoms with E-state index in [0.717, 1.165) is 3.57 Å². The molecule has 1 heterocycles. The van der Waals surface area contributed by atoms with Gasteiger partial charge >= 0.3 is 0 Å². The first-order valence-corrected chi connectivity index (χ1v) is 11.6. The highest BCUT2D eigenvalue weighted by Crippen LogP contribution is 2.33. The zero-order valence-electron chi connectivity index (χ0n) is 17.8. The normalized spacial score (nSPS) is 13.3. The van der Waals surface area contributed by atoms with Crippen LogP contribution in [-0.2, 0) is 4.79 Å². The molecule has 0 spiro atoms. The van der Waals surface area contributed by atoms with Gasteiger partial charge in [0.15, 0.2) is 5.60 Å². The monoisotopic (exact) mass is 548 g/mol. The van der Waals surface area contributed by atoms with Crippen molar-refractivity contribution < 1.29 is 9.53 Å². The molecule has 162 valence electrons. The Balaban J connectivity index is 1.78. The van der Waals surface area contributed by atoms with Crippen LogP contribution in [0.5, 0.6) is 5.88 Å². The quantitative estimate of drug-likeness (QED) is 0.341. The molecule has 0 saturated heterocycles. The second kappa shape index (κ2) is 10.5. The van der Waals surface area contributed by atoms with E-state index in [1.54, 1.807) is 26.1 Å². The molecule has 0 fully saturated rings. The molecular weight excluding hydrogens is 523 g/mol. The van der Waals surface area contributed by atoms with Crippen LogP contribution in [0.25, 0.3) is 0 Å². The number of aromatic nitrogens is 1. The largest absolute Gasteiger partial charge is 0.462 e. The van der Waals surface area contributed by atoms with Crippen LogP contribution in [-0.4, -0.2) is 23.0 Å². The van der Waals surface area contributed by atoms with Gasteiger partial charge < -0.3 is 10.1 Å². The molecule has 2 aromatic carbocycles. The standard InChI is InChI=1S/C25H26ClIN2O2/c1-17(18-10-12-20(26)13-11-18)22(19-7-6-8-21(27)15-19)16-29-24(30)25(2,3)31-23-9-4-5-14-28-23/h4-15,17,22H,16H2,1-3H3,(H,29,30). The number of pyridine rings is 1. The molecule has 0 saturated carbocycles. The van der Waals surface area contributed by atoms with Crippen LogP contribution >= 0.6 is 34.2 Å². The van der Waals surface area contributed by atoms with E-state index in [1.807, 2.05) is 36.4 Å². The highest BCUT2D eigenvalue weighted by atomic mass is 127. The van der Waals surface area contributed by atoms with Crippen LogP contribution < -0.4 is 10.1 Å². The maximum Gasteiger partial charge on any atom is 0.263 e. The minimum absolute atomic E-state index is 0.0884. The van der Waals surface area contributed by atoms with E-state index in [-0.39, 0.29) is 17.7 Å². The van der Waals surface area contributed by atoms with Gasteiger partial charge in [-0.1, -0.05) is 48.9 Å². The molecule has 3 rings (SSSR count). The van der Waals surface area contributed by atoms with E-state index in [9.17, 15) is 4.79 Å². The molecular formula is C25H26ClIN2O2. The molecule has 0 bridgehead atoms. The average molecular weight is 549 g/mol. The van der Waals surface area contributed by atoms with E-state index in [2.05, 4.69) is 64.1 Å². The molecule has 4 nitrogen and oxygen atoms in total. The summed E-state index contributed by atoms with van der Waals surface area (Å²) in [4.78, 5) is 17.2. The van der Waals surface area contributed by atoms with Crippen LogP contribution in [0.3, 0.4) is 0 Å². The van der Waals surface area contributed by atoms with Crippen molar-refractivity contribution in [2.24, 2.45) is 0 Å². The van der Waals surface area contributed by atoms with Gasteiger partial charge in [0.05, 0.1) is 0 Å². The topological polar surface area (TPSA) is 51.2 Å². The zero-order valence-corrected chi connectivity index (χ0v) is 20.7. The van der Waals surface area contributed by atoms with Crippen molar-refractivity contribution in [3.8, 4) is 5.88 Å². The first kappa shape index (κ1) is 23.5. The number of hydrogen-bond acceptors (Lipinski definition) is 3. The summed E-state index contributed by atoms with van der Waals surface area (Å²) in [5, 5.41) is 3.81. The summed E-state index contributed by atoms with van der Waals surface area (Å²) >= 11 is 8.39. The molecule has 2 atom stereocenters. The van der Waals surface area contributed by atoms with E-state index in [0.29, 0.717) is 17.4 Å². The van der Waals surface area contributed by atoms with Crippen molar-refractivity contribution in [2.45, 2.75) is 38.2 Å². The summed E-state index contributed by atoms with van der Waals surface area (Å²) in [6.07, 6.45) is 1.64. The van der Waals surface area contributed by atoms with Gasteiger partial charge in [0, 0.05) is 33.3 Å². The second-order valence-electron chi connectivity index (χ2n) is 7.99. The highest BCUT2D eigenvalue weighted by molar-refractivity contribution is 14.1. The number of ether oxygens (including phenoxy) is 1. The van der Waals surface area contributed by atoms with E-state index < -0.39 is 5.60 Å². The molecule has 6 heteroatoms. The predicted octanol–water partition coefficient (Wildman–Crippen LogP) is 6.20. The summed E-state index contributed by atoms with van der Waals surface area (Å²) in [7, 11) is 0. The van der Waals surface area contributed by atoms with Gasteiger partial charge in [0.2, 0.25) is 5.88 Å². The van der Waals surface area contributed by atoms with Crippen molar-refractivity contribution in [1.82, 2.24) is 10.3 Å². The Morgan fingerprint density at radius 2 is 1.84 bits per heavy atom. The van der Waals surface area contributed by atoms with Crippen LogP contribution in [0.4, 0.5) is 0 Å². The van der Waals surface area contributed by atoms with Gasteiger partial charge in [-0.05, 0) is 83.8 Å². The number of halogens is 2. The summed E-state index contributed by atoms with van der Waals surface area (Å²) in [6, 6.07) is 21.7. The lowest BCUT2D eigenvalue weighted by Crippen LogP contribution is -2.48. The second-order valence-corrected chi connectivity index (χ2v) is 9.67. The van der Waals surface area contributed by atoms with E-state index >= 15 is 0 Å². The molecule has 3 aromatic rings. The number of rotatable bonds is 8. The molecule has 0 aliphatic rings. The van der Waals surface area contributed by atoms with Gasteiger partial charge in [-0.15, -0.1) is 0 Å². The molecule has 0 aliphatic carbocycles. The summed E-state index contributed by atoms with van der Waals surface area (Å²) in [5.74, 6) is 0.504. The number of nitrogens with zero attached hydrogens (tertiary/aromatic N) is 1.